The number of halogens is 10. The van der Waals surface area contributed by atoms with E-state index in [2.05, 4.69) is 10.1 Å². The molecule has 7 nitrogen and oxygen atoms in total. The number of methoxy groups -OCH3 is 1. The van der Waals surface area contributed by atoms with E-state index in [9.17, 15) is 53.5 Å². The monoisotopic (exact) mass is 729 g/mol. The number of ether oxygens (including phenoxy) is 3. The van der Waals surface area contributed by atoms with Crippen LogP contribution in [0.3, 0.4) is 0 Å². The SMILES string of the molecule is COc1cc(F)c(C(C)C)cc1-c1ccc(C(F)(F)F)cc1CNC(C)C(OC(=O)OCC(=O)O)C1CC=C(C(F)(F)F)C=C(C(F)(F)F)C1. The molecular formula is C33H33F10NO6. The number of carbonyl (C=O) groups is 2. The normalized spacial score (nSPS) is 17.0. The third-order valence-corrected chi connectivity index (χ3v) is 7.93. The second-order valence-electron chi connectivity index (χ2n) is 11.8. The van der Waals surface area contributed by atoms with E-state index >= 15 is 0 Å². The molecule has 2 aromatic rings. The predicted molar refractivity (Wildman–Crippen MR) is 159 cm³/mol. The number of benzene rings is 2. The Morgan fingerprint density at radius 1 is 0.940 bits per heavy atom. The van der Waals surface area contributed by atoms with Crippen molar-refractivity contribution < 1.29 is 72.8 Å². The summed E-state index contributed by atoms with van der Waals surface area (Å²) in [5.41, 5.74) is -3.77. The lowest BCUT2D eigenvalue weighted by Crippen LogP contribution is -2.45. The van der Waals surface area contributed by atoms with Gasteiger partial charge in [-0.15, -0.1) is 0 Å². The van der Waals surface area contributed by atoms with Gasteiger partial charge in [0.25, 0.3) is 0 Å². The molecule has 0 aromatic heterocycles. The average molecular weight is 730 g/mol. The van der Waals surface area contributed by atoms with E-state index in [1.165, 1.54) is 20.1 Å². The molecule has 0 bridgehead atoms. The lowest BCUT2D eigenvalue weighted by atomic mass is 9.87. The number of aliphatic carboxylic acids is 1. The smallest absolute Gasteiger partial charge is 0.496 e. The van der Waals surface area contributed by atoms with Gasteiger partial charge < -0.3 is 24.6 Å². The fraction of sp³-hybridized carbons (Fsp3) is 0.455. The summed E-state index contributed by atoms with van der Waals surface area (Å²) < 4.78 is 153. The molecule has 17 heteroatoms. The quantitative estimate of drug-likeness (QED) is 0.176. The molecule has 0 fully saturated rings. The Labute approximate surface area is 279 Å². The van der Waals surface area contributed by atoms with Crippen molar-refractivity contribution in [3.8, 4) is 16.9 Å². The minimum Gasteiger partial charge on any atom is -0.496 e. The second-order valence-corrected chi connectivity index (χ2v) is 11.8. The number of rotatable bonds is 11. The number of carbonyl (C=O) groups excluding carboxylic acids is 1. The van der Waals surface area contributed by atoms with E-state index in [0.717, 1.165) is 24.3 Å². The van der Waals surface area contributed by atoms with E-state index < -0.39 is 97.2 Å². The molecule has 0 radical (unpaired) electrons. The van der Waals surface area contributed by atoms with Gasteiger partial charge in [-0.05, 0) is 66.6 Å². The van der Waals surface area contributed by atoms with E-state index in [1.54, 1.807) is 13.8 Å². The molecular weight excluding hydrogens is 696 g/mol. The molecule has 0 spiro atoms. The lowest BCUT2D eigenvalue weighted by molar-refractivity contribution is -0.141. The number of alkyl halides is 9. The molecule has 276 valence electrons. The van der Waals surface area contributed by atoms with Crippen LogP contribution in [0.5, 0.6) is 5.75 Å². The Balaban J connectivity index is 2.09. The van der Waals surface area contributed by atoms with Crippen molar-refractivity contribution in [2.75, 3.05) is 13.7 Å². The van der Waals surface area contributed by atoms with Crippen molar-refractivity contribution in [2.45, 2.75) is 76.8 Å². The summed E-state index contributed by atoms with van der Waals surface area (Å²) in [6.45, 7) is 2.93. The first-order valence-corrected chi connectivity index (χ1v) is 14.9. The van der Waals surface area contributed by atoms with Crippen molar-refractivity contribution >= 4 is 12.1 Å². The molecule has 0 amide bonds. The van der Waals surface area contributed by atoms with Gasteiger partial charge in [0.2, 0.25) is 0 Å². The molecule has 2 aromatic carbocycles. The van der Waals surface area contributed by atoms with Gasteiger partial charge in [0.15, 0.2) is 6.61 Å². The summed E-state index contributed by atoms with van der Waals surface area (Å²) in [7, 11) is 1.22. The molecule has 1 aliphatic rings. The van der Waals surface area contributed by atoms with Gasteiger partial charge in [-0.3, -0.25) is 0 Å². The zero-order chi connectivity index (χ0) is 37.8. The molecule has 50 heavy (non-hydrogen) atoms. The Hall–Kier alpha value is -4.28. The Morgan fingerprint density at radius 2 is 1.60 bits per heavy atom. The largest absolute Gasteiger partial charge is 0.509 e. The van der Waals surface area contributed by atoms with Crippen LogP contribution >= 0.6 is 0 Å². The molecule has 1 aliphatic carbocycles. The Kier molecular flexibility index (Phi) is 12.6. The first kappa shape index (κ1) is 40.2. The molecule has 3 atom stereocenters. The topological polar surface area (TPSA) is 94.1 Å². The number of hydrogen-bond donors (Lipinski definition) is 2. The molecule has 0 saturated heterocycles. The summed E-state index contributed by atoms with van der Waals surface area (Å²) in [6.07, 6.45) is -20.0. The maximum absolute atomic E-state index is 14.8. The highest BCUT2D eigenvalue weighted by atomic mass is 19.4. The first-order chi connectivity index (χ1) is 23.0. The number of allylic oxidation sites excluding steroid dienone is 4. The summed E-state index contributed by atoms with van der Waals surface area (Å²) in [4.78, 5) is 23.3. The third kappa shape index (κ3) is 10.4. The number of carboxylic acids is 1. The van der Waals surface area contributed by atoms with Crippen LogP contribution in [0.4, 0.5) is 48.7 Å². The van der Waals surface area contributed by atoms with E-state index in [-0.39, 0.29) is 40.0 Å². The van der Waals surface area contributed by atoms with E-state index in [0.29, 0.717) is 6.08 Å². The van der Waals surface area contributed by atoms with Gasteiger partial charge in [-0.1, -0.05) is 26.0 Å². The van der Waals surface area contributed by atoms with Crippen LogP contribution in [0.2, 0.25) is 0 Å². The van der Waals surface area contributed by atoms with Gasteiger partial charge in [-0.25, -0.2) is 14.0 Å². The van der Waals surface area contributed by atoms with Gasteiger partial charge in [0, 0.05) is 35.7 Å². The van der Waals surface area contributed by atoms with Crippen LogP contribution < -0.4 is 10.1 Å². The highest BCUT2D eigenvalue weighted by Crippen LogP contribution is 2.42. The zero-order valence-corrected chi connectivity index (χ0v) is 26.9. The van der Waals surface area contributed by atoms with Gasteiger partial charge in [0.05, 0.1) is 18.2 Å². The predicted octanol–water partition coefficient (Wildman–Crippen LogP) is 9.12. The Bertz CT molecular complexity index is 1610. The van der Waals surface area contributed by atoms with Crippen LogP contribution in [0.1, 0.15) is 56.2 Å². The van der Waals surface area contributed by atoms with Crippen LogP contribution in [0.15, 0.2) is 53.6 Å². The summed E-state index contributed by atoms with van der Waals surface area (Å²) in [6, 6.07) is 3.87. The average Bonchev–Trinajstić information content (AvgIpc) is 3.25. The molecule has 0 saturated carbocycles. The van der Waals surface area contributed by atoms with Gasteiger partial charge in [-0.2, -0.15) is 39.5 Å². The number of carboxylic acid groups (broad SMARTS) is 1. The lowest BCUT2D eigenvalue weighted by Gasteiger charge is -2.32. The van der Waals surface area contributed by atoms with Gasteiger partial charge in [0.1, 0.15) is 17.7 Å². The van der Waals surface area contributed by atoms with Crippen LogP contribution in [-0.4, -0.2) is 55.4 Å². The third-order valence-electron chi connectivity index (χ3n) is 7.93. The molecule has 0 aliphatic heterocycles. The number of nitrogens with one attached hydrogen (secondary N) is 1. The second kappa shape index (κ2) is 15.7. The Morgan fingerprint density at radius 3 is 2.14 bits per heavy atom. The number of hydrogen-bond acceptors (Lipinski definition) is 6. The molecule has 0 heterocycles. The van der Waals surface area contributed by atoms with Crippen molar-refractivity contribution in [3.05, 3.63) is 76.1 Å². The van der Waals surface area contributed by atoms with Crippen molar-refractivity contribution in [2.24, 2.45) is 5.92 Å². The fourth-order valence-electron chi connectivity index (χ4n) is 5.43. The highest BCUT2D eigenvalue weighted by molar-refractivity contribution is 5.75. The van der Waals surface area contributed by atoms with Gasteiger partial charge >= 0.3 is 30.7 Å². The van der Waals surface area contributed by atoms with Crippen molar-refractivity contribution in [3.63, 3.8) is 0 Å². The van der Waals surface area contributed by atoms with Crippen molar-refractivity contribution in [1.29, 1.82) is 0 Å². The van der Waals surface area contributed by atoms with Crippen molar-refractivity contribution in [1.82, 2.24) is 5.32 Å². The summed E-state index contributed by atoms with van der Waals surface area (Å²) in [5.74, 6) is -4.13. The minimum absolute atomic E-state index is 0.0273. The molecule has 3 rings (SSSR count). The molecule has 2 N–H and O–H groups in total. The van der Waals surface area contributed by atoms with E-state index in [4.69, 9.17) is 14.6 Å². The van der Waals surface area contributed by atoms with Crippen LogP contribution in [0, 0.1) is 11.7 Å². The van der Waals surface area contributed by atoms with Crippen LogP contribution in [0.25, 0.3) is 11.1 Å². The summed E-state index contributed by atoms with van der Waals surface area (Å²) in [5, 5.41) is 11.6. The minimum atomic E-state index is -5.23. The standard InChI is InChI=1S/C33H33F10NO6/c1-16(2)24-12-25(27(48-4)13-26(24)34)23-8-7-20(31(35,36)37)10-19(23)14-44-17(3)29(50-30(47)49-15-28(45)46)18-5-6-21(32(38,39)40)11-22(9-18)33(41,42)43/h6-8,10-13,16-18,29,44H,5,9,14-15H2,1-4H3,(H,45,46). The zero-order valence-electron chi connectivity index (χ0n) is 26.9. The fourth-order valence-corrected chi connectivity index (χ4v) is 5.43. The molecule has 3 unspecified atom stereocenters. The van der Waals surface area contributed by atoms with Crippen LogP contribution in [-0.2, 0) is 27.0 Å². The maximum atomic E-state index is 14.8. The first-order valence-electron chi connectivity index (χ1n) is 14.9. The summed E-state index contributed by atoms with van der Waals surface area (Å²) >= 11 is 0. The van der Waals surface area contributed by atoms with E-state index in [1.807, 2.05) is 0 Å². The highest BCUT2D eigenvalue weighted by Gasteiger charge is 2.43. The maximum Gasteiger partial charge on any atom is 0.509 e.